The highest BCUT2D eigenvalue weighted by atomic mass is 16.5. The van der Waals surface area contributed by atoms with Crippen LogP contribution in [0.25, 0.3) is 54.8 Å². The van der Waals surface area contributed by atoms with E-state index >= 15 is 0 Å². The van der Waals surface area contributed by atoms with Gasteiger partial charge in [0.05, 0.1) is 118 Å². The van der Waals surface area contributed by atoms with Crippen molar-refractivity contribution in [2.24, 2.45) is 64.8 Å². The van der Waals surface area contributed by atoms with Gasteiger partial charge in [-0.2, -0.15) is 0 Å². The van der Waals surface area contributed by atoms with Gasteiger partial charge in [-0.1, -0.05) is 89.5 Å². The highest BCUT2D eigenvalue weighted by Gasteiger charge is 2.27. The molecule has 137 heavy (non-hydrogen) atoms. The van der Waals surface area contributed by atoms with Crippen LogP contribution in [0, 0.1) is 29.6 Å². The van der Waals surface area contributed by atoms with Crippen LogP contribution < -0.4 is 67.5 Å². The lowest BCUT2D eigenvalue weighted by Crippen LogP contribution is -2.15. The third kappa shape index (κ3) is 24.2. The van der Waals surface area contributed by atoms with Crippen LogP contribution in [0.4, 0.5) is 45.5 Å². The summed E-state index contributed by atoms with van der Waals surface area (Å²) in [4.78, 5) is 90.8. The molecule has 12 aromatic heterocycles. The number of fused-ring (bicyclic) bond motifs is 5. The molecule has 0 unspecified atom stereocenters. The Morgan fingerprint density at radius 2 is 0.584 bits per heavy atom. The summed E-state index contributed by atoms with van der Waals surface area (Å²) < 4.78 is 38.7. The Balaban J connectivity index is 0.000000124. The molecule has 0 radical (unpaired) electrons. The Kier molecular flexibility index (Phi) is 31.2. The SMILES string of the molecule is Cn1nc(OCC2CCCC2)c2ncc(NC(=O)c3ncccc3N)cc21.Cn1nc(OCC2CCCC2)c2ncc(NC(=O)c3ncccc3N)cc21.Cn1nc(OCC2CCCCC2)c2ccc(NC(=O)c3ccccn3)cc21.Cn1nc(OCC2CCCCC2)c2ccc(NC(=O)c3ncccc3N)cc21.Cn1nc(OCC2CCCCC2)c2ccc(NC(=O)c3ncccc3O)cc21. The Morgan fingerprint density at radius 3 is 0.912 bits per heavy atom. The van der Waals surface area contributed by atoms with Crippen molar-refractivity contribution in [3.63, 3.8) is 0 Å². The first-order valence-electron chi connectivity index (χ1n) is 47.1. The standard InChI is InChI=1S/C21H25N5O2.C21H24N4O3.C21H24N4O2.2C19H22N6O2/c1-26-18-12-15(24-20(27)19-17(22)8-5-11-23-19)9-10-16(18)21(25-26)28-13-14-6-3-2-4-7-14;1-25-17-12-15(23-20(27)19-18(26)8-5-11-22-19)9-10-16(17)21(24-25)28-13-14-6-3-2-4-7-14;1-25-19-13-16(23-20(26)18-9-5-6-12-22-18)10-11-17(19)21(24-25)27-14-15-7-3-2-4-8-15;2*1-25-15-9-13(23-18(26)16-14(20)7-4-8-21-16)10-22-17(15)19(24-25)27-11-12-5-2-3-6-12/h5,8-12,14H,2-4,6-7,13,22H2,1H3,(H,24,27);5,8-12,14,26H,2-4,6-7,13H2,1H3,(H,23,27);5-6,9-13,15H,2-4,7-8,14H2,1H3,(H,23,26);2*4,7-10,12H,2-3,5-6,11,20H2,1H3,(H,23,26). The van der Waals surface area contributed by atoms with Crippen molar-refractivity contribution in [3.8, 4) is 35.1 Å². The second kappa shape index (κ2) is 45.1. The fraction of sp³-hybridized carbons (Fsp3) is 0.376. The Morgan fingerprint density at radius 1 is 0.307 bits per heavy atom. The number of carbonyl (C=O) groups is 5. The molecule has 0 saturated heterocycles. The molecule has 36 nitrogen and oxygen atoms in total. The van der Waals surface area contributed by atoms with Gasteiger partial charge >= 0.3 is 0 Å². The predicted molar refractivity (Wildman–Crippen MR) is 526 cm³/mol. The van der Waals surface area contributed by atoms with E-state index in [2.05, 4.69) is 87.0 Å². The molecule has 5 aliphatic carbocycles. The number of nitrogens with two attached hydrogens (primary N) is 3. The number of aromatic nitrogens is 17. The molecule has 0 bridgehead atoms. The summed E-state index contributed by atoms with van der Waals surface area (Å²) in [6, 6.07) is 38.8. The number of hydrogen-bond acceptors (Lipinski definition) is 26. The first-order valence-corrected chi connectivity index (χ1v) is 47.1. The average Bonchev–Trinajstić information content (AvgIpc) is 1.67. The minimum absolute atomic E-state index is 0.0101. The average molecular weight is 1860 g/mol. The van der Waals surface area contributed by atoms with E-state index in [1.54, 1.807) is 115 Å². The number of hydrogen-bond donors (Lipinski definition) is 9. The zero-order valence-electron chi connectivity index (χ0n) is 77.8. The molecule has 5 saturated carbocycles. The van der Waals surface area contributed by atoms with E-state index in [9.17, 15) is 29.1 Å². The maximum absolute atomic E-state index is 12.4. The third-order valence-corrected chi connectivity index (χ3v) is 25.5. The molecule has 0 spiro atoms. The second-order valence-electron chi connectivity index (χ2n) is 35.6. The summed E-state index contributed by atoms with van der Waals surface area (Å²) in [5, 5.41) is 49.1. The van der Waals surface area contributed by atoms with E-state index in [0.29, 0.717) is 148 Å². The van der Waals surface area contributed by atoms with Gasteiger partial charge in [-0.25, -0.2) is 29.9 Å². The maximum atomic E-state index is 12.4. The molecule has 0 atom stereocenters. The highest BCUT2D eigenvalue weighted by molar-refractivity contribution is 6.10. The number of carbonyl (C=O) groups excluding carboxylic acids is 5. The molecule has 5 aliphatic rings. The van der Waals surface area contributed by atoms with Crippen molar-refractivity contribution >= 4 is 130 Å². The van der Waals surface area contributed by atoms with Crippen LogP contribution in [-0.2, 0) is 35.2 Å². The number of aryl methyl sites for hydroxylation is 5. The van der Waals surface area contributed by atoms with Crippen LogP contribution in [-0.4, -0.2) is 151 Å². The zero-order chi connectivity index (χ0) is 95.3. The molecule has 12 N–H and O–H groups in total. The number of anilines is 8. The molecule has 0 aliphatic heterocycles. The molecule has 20 rings (SSSR count). The van der Waals surface area contributed by atoms with Crippen molar-refractivity contribution in [2.75, 3.05) is 76.8 Å². The van der Waals surface area contributed by atoms with E-state index in [-0.39, 0.29) is 52.2 Å². The monoisotopic (exact) mass is 1860 g/mol. The van der Waals surface area contributed by atoms with Crippen LogP contribution in [0.2, 0.25) is 0 Å². The van der Waals surface area contributed by atoms with Gasteiger partial charge in [0.25, 0.3) is 41.3 Å². The normalized spacial score (nSPS) is 14.8. The van der Waals surface area contributed by atoms with Gasteiger partial charge < -0.3 is 72.6 Å². The van der Waals surface area contributed by atoms with E-state index in [0.717, 1.165) is 50.3 Å². The van der Waals surface area contributed by atoms with Crippen molar-refractivity contribution < 1.29 is 52.8 Å². The summed E-state index contributed by atoms with van der Waals surface area (Å²) in [5.41, 5.74) is 28.1. The summed E-state index contributed by atoms with van der Waals surface area (Å²) in [6.07, 6.45) is 40.0. The number of nitrogen functional groups attached to an aromatic ring is 3. The molecule has 712 valence electrons. The summed E-state index contributed by atoms with van der Waals surface area (Å²) >= 11 is 0. The number of rotatable bonds is 25. The van der Waals surface area contributed by atoms with Gasteiger partial charge in [-0.3, -0.25) is 52.4 Å². The fourth-order valence-corrected chi connectivity index (χ4v) is 18.0. The molecule has 5 amide bonds. The molecule has 3 aromatic carbocycles. The van der Waals surface area contributed by atoms with E-state index in [4.69, 9.17) is 40.9 Å². The zero-order valence-corrected chi connectivity index (χ0v) is 77.8. The first-order chi connectivity index (χ1) is 66.7. The lowest BCUT2D eigenvalue weighted by atomic mass is 9.90. The lowest BCUT2D eigenvalue weighted by Gasteiger charge is -2.20. The van der Waals surface area contributed by atoms with Crippen molar-refractivity contribution in [3.05, 3.63) is 205 Å². The summed E-state index contributed by atoms with van der Waals surface area (Å²) in [6.45, 7) is 3.48. The fourth-order valence-electron chi connectivity index (χ4n) is 18.0. The van der Waals surface area contributed by atoms with Gasteiger partial charge in [0.2, 0.25) is 17.6 Å². The maximum Gasteiger partial charge on any atom is 0.278 e. The first kappa shape index (κ1) is 94.8. The van der Waals surface area contributed by atoms with Gasteiger partial charge in [-0.15, -0.1) is 25.5 Å². The highest BCUT2D eigenvalue weighted by Crippen LogP contribution is 2.37. The van der Waals surface area contributed by atoms with E-state index < -0.39 is 5.91 Å². The number of nitrogens with zero attached hydrogens (tertiary/aromatic N) is 17. The predicted octanol–water partition coefficient (Wildman–Crippen LogP) is 17.4. The summed E-state index contributed by atoms with van der Waals surface area (Å²) in [7, 11) is 9.27. The van der Waals surface area contributed by atoms with Gasteiger partial charge in [-0.05, 0) is 221 Å². The van der Waals surface area contributed by atoms with Crippen LogP contribution in [0.5, 0.6) is 35.1 Å². The molecule has 5 fully saturated rings. The summed E-state index contributed by atoms with van der Waals surface area (Å²) in [5.74, 6) is 4.12. The van der Waals surface area contributed by atoms with Gasteiger partial charge in [0.1, 0.15) is 11.4 Å². The van der Waals surface area contributed by atoms with Crippen molar-refractivity contribution in [1.29, 1.82) is 0 Å². The van der Waals surface area contributed by atoms with Crippen molar-refractivity contribution in [2.45, 2.75) is 148 Å². The molecular weight excluding hydrogens is 1740 g/mol. The largest absolute Gasteiger partial charge is 0.505 e. The second-order valence-corrected chi connectivity index (χ2v) is 35.6. The number of pyridine rings is 7. The van der Waals surface area contributed by atoms with Crippen LogP contribution in [0.15, 0.2) is 177 Å². The topological polar surface area (TPSA) is 469 Å². The number of benzene rings is 3. The quantitative estimate of drug-likeness (QED) is 0.0257. The molecule has 15 aromatic rings. The van der Waals surface area contributed by atoms with Gasteiger partial charge in [0.15, 0.2) is 33.8 Å². The Labute approximate surface area is 792 Å². The van der Waals surface area contributed by atoms with Crippen LogP contribution in [0.1, 0.15) is 200 Å². The van der Waals surface area contributed by atoms with Crippen molar-refractivity contribution in [1.82, 2.24) is 83.8 Å². The van der Waals surface area contributed by atoms with Crippen LogP contribution in [0.3, 0.4) is 0 Å². The smallest absolute Gasteiger partial charge is 0.278 e. The Hall–Kier alpha value is -15.4. The molecule has 36 heteroatoms. The number of ether oxygens (including phenoxy) is 5. The van der Waals surface area contributed by atoms with E-state index in [1.807, 2.05) is 95.9 Å². The number of amides is 5. The molecule has 12 heterocycles. The van der Waals surface area contributed by atoms with E-state index in [1.165, 1.54) is 172 Å². The lowest BCUT2D eigenvalue weighted by molar-refractivity contribution is 0.101. The minimum atomic E-state index is -0.464. The van der Waals surface area contributed by atoms with Crippen LogP contribution >= 0.6 is 0 Å². The Bertz CT molecular complexity index is 6400. The molecular formula is C101H117N25O11. The van der Waals surface area contributed by atoms with Gasteiger partial charge in [0, 0.05) is 83.3 Å². The number of nitrogens with one attached hydrogen (secondary N) is 5. The third-order valence-electron chi connectivity index (χ3n) is 25.5. The number of aromatic hydroxyl groups is 1. The minimum Gasteiger partial charge on any atom is -0.505 e.